The van der Waals surface area contributed by atoms with Crippen LogP contribution in [0.3, 0.4) is 0 Å². The molecule has 1 aliphatic rings. The summed E-state index contributed by atoms with van der Waals surface area (Å²) in [5.74, 6) is -0.0826. The molecule has 6 heteroatoms. The number of carbonyl (C=O) groups excluding carboxylic acids is 1. The minimum Gasteiger partial charge on any atom is -0.397 e. The van der Waals surface area contributed by atoms with E-state index in [1.807, 2.05) is 44.2 Å². The standard InChI is InChI=1S/C23H31ClN4O/c1-15(2)27-21-7-6-16(12-20(21)26)22(29)28-19-8-10-23(14-25,11-9-19)17-4-3-5-18(24)13-17/h3-7,12-13,15,19,27H,8-11,14,25-26H2,1-2H3,(H,28,29). The Bertz CT molecular complexity index is 860. The number of anilines is 2. The first-order valence-electron chi connectivity index (χ1n) is 10.3. The number of nitrogens with two attached hydrogens (primary N) is 2. The van der Waals surface area contributed by atoms with E-state index >= 15 is 0 Å². The van der Waals surface area contributed by atoms with E-state index in [1.54, 1.807) is 6.07 Å². The van der Waals surface area contributed by atoms with E-state index in [2.05, 4.69) is 16.7 Å². The van der Waals surface area contributed by atoms with Crippen molar-refractivity contribution in [3.63, 3.8) is 0 Å². The van der Waals surface area contributed by atoms with Gasteiger partial charge in [0.05, 0.1) is 11.4 Å². The van der Waals surface area contributed by atoms with Gasteiger partial charge in [-0.2, -0.15) is 0 Å². The van der Waals surface area contributed by atoms with Crippen LogP contribution >= 0.6 is 11.6 Å². The first-order valence-corrected chi connectivity index (χ1v) is 10.6. The Hall–Kier alpha value is -2.24. The molecule has 1 saturated carbocycles. The van der Waals surface area contributed by atoms with Gasteiger partial charge in [0.15, 0.2) is 0 Å². The highest BCUT2D eigenvalue weighted by Gasteiger charge is 2.36. The van der Waals surface area contributed by atoms with Gasteiger partial charge in [0.25, 0.3) is 5.91 Å². The summed E-state index contributed by atoms with van der Waals surface area (Å²) in [6.07, 6.45) is 3.62. The Kier molecular flexibility index (Phi) is 6.70. The quantitative estimate of drug-likeness (QED) is 0.530. The second-order valence-corrected chi connectivity index (χ2v) is 8.78. The van der Waals surface area contributed by atoms with Crippen molar-refractivity contribution < 1.29 is 4.79 Å². The molecule has 2 aromatic carbocycles. The van der Waals surface area contributed by atoms with Gasteiger partial charge in [0.2, 0.25) is 0 Å². The minimum atomic E-state index is -0.0826. The number of amides is 1. The van der Waals surface area contributed by atoms with E-state index in [1.165, 1.54) is 5.56 Å². The van der Waals surface area contributed by atoms with Crippen LogP contribution in [-0.2, 0) is 5.41 Å². The summed E-state index contributed by atoms with van der Waals surface area (Å²) in [6, 6.07) is 13.8. The fourth-order valence-electron chi connectivity index (χ4n) is 4.16. The van der Waals surface area contributed by atoms with E-state index in [-0.39, 0.29) is 23.4 Å². The maximum atomic E-state index is 12.7. The lowest BCUT2D eigenvalue weighted by molar-refractivity contribution is 0.0918. The van der Waals surface area contributed by atoms with Gasteiger partial charge < -0.3 is 22.1 Å². The summed E-state index contributed by atoms with van der Waals surface area (Å²) in [5.41, 5.74) is 15.4. The zero-order chi connectivity index (χ0) is 21.0. The third-order valence-corrected chi connectivity index (χ3v) is 6.10. The average molecular weight is 415 g/mol. The van der Waals surface area contributed by atoms with Crippen LogP contribution in [0, 0.1) is 0 Å². The third kappa shape index (κ3) is 5.03. The highest BCUT2D eigenvalue weighted by Crippen LogP contribution is 2.39. The van der Waals surface area contributed by atoms with Crippen LogP contribution in [0.5, 0.6) is 0 Å². The average Bonchev–Trinajstić information content (AvgIpc) is 2.70. The molecule has 156 valence electrons. The largest absolute Gasteiger partial charge is 0.397 e. The van der Waals surface area contributed by atoms with Gasteiger partial charge in [0, 0.05) is 34.6 Å². The summed E-state index contributed by atoms with van der Waals surface area (Å²) in [6.45, 7) is 4.68. The summed E-state index contributed by atoms with van der Waals surface area (Å²) >= 11 is 6.19. The number of nitrogens with one attached hydrogen (secondary N) is 2. The van der Waals surface area contributed by atoms with E-state index in [9.17, 15) is 4.79 Å². The molecule has 29 heavy (non-hydrogen) atoms. The van der Waals surface area contributed by atoms with Gasteiger partial charge >= 0.3 is 0 Å². The molecule has 0 aliphatic heterocycles. The zero-order valence-electron chi connectivity index (χ0n) is 17.2. The van der Waals surface area contributed by atoms with Crippen molar-refractivity contribution in [1.29, 1.82) is 0 Å². The number of hydrogen-bond donors (Lipinski definition) is 4. The molecule has 0 heterocycles. The van der Waals surface area contributed by atoms with E-state index in [4.69, 9.17) is 23.1 Å². The van der Waals surface area contributed by atoms with Crippen molar-refractivity contribution >= 4 is 28.9 Å². The van der Waals surface area contributed by atoms with Gasteiger partial charge in [-0.15, -0.1) is 0 Å². The van der Waals surface area contributed by atoms with Gasteiger partial charge in [-0.25, -0.2) is 0 Å². The zero-order valence-corrected chi connectivity index (χ0v) is 17.9. The van der Waals surface area contributed by atoms with Crippen molar-refractivity contribution in [2.75, 3.05) is 17.6 Å². The molecule has 0 radical (unpaired) electrons. The monoisotopic (exact) mass is 414 g/mol. The van der Waals surface area contributed by atoms with Crippen LogP contribution in [0.2, 0.25) is 5.02 Å². The first kappa shape index (κ1) is 21.5. The van der Waals surface area contributed by atoms with E-state index in [0.29, 0.717) is 17.8 Å². The lowest BCUT2D eigenvalue weighted by Gasteiger charge is -2.40. The van der Waals surface area contributed by atoms with Crippen LogP contribution in [0.15, 0.2) is 42.5 Å². The predicted molar refractivity (Wildman–Crippen MR) is 122 cm³/mol. The molecule has 0 bridgehead atoms. The molecule has 0 aromatic heterocycles. The molecular weight excluding hydrogens is 384 g/mol. The summed E-state index contributed by atoms with van der Waals surface area (Å²) in [4.78, 5) is 12.7. The molecule has 1 aliphatic carbocycles. The van der Waals surface area contributed by atoms with Crippen molar-refractivity contribution in [1.82, 2.24) is 5.32 Å². The molecule has 0 saturated heterocycles. The molecule has 5 nitrogen and oxygen atoms in total. The van der Waals surface area contributed by atoms with Crippen LogP contribution < -0.4 is 22.1 Å². The molecular formula is C23H31ClN4O. The Morgan fingerprint density at radius 2 is 1.93 bits per heavy atom. The van der Waals surface area contributed by atoms with Crippen LogP contribution in [0.25, 0.3) is 0 Å². The van der Waals surface area contributed by atoms with Gasteiger partial charge in [0.1, 0.15) is 0 Å². The fraction of sp³-hybridized carbons (Fsp3) is 0.435. The smallest absolute Gasteiger partial charge is 0.251 e. The molecule has 0 spiro atoms. The highest BCUT2D eigenvalue weighted by molar-refractivity contribution is 6.30. The van der Waals surface area contributed by atoms with Crippen molar-refractivity contribution in [3.8, 4) is 0 Å². The summed E-state index contributed by atoms with van der Waals surface area (Å²) in [7, 11) is 0. The normalized spacial score (nSPS) is 21.8. The van der Waals surface area contributed by atoms with Crippen LogP contribution in [0.4, 0.5) is 11.4 Å². The highest BCUT2D eigenvalue weighted by atomic mass is 35.5. The number of rotatable bonds is 6. The molecule has 0 atom stereocenters. The third-order valence-electron chi connectivity index (χ3n) is 5.86. The number of nitrogen functional groups attached to an aromatic ring is 1. The lowest BCUT2D eigenvalue weighted by atomic mass is 9.68. The fourth-order valence-corrected chi connectivity index (χ4v) is 4.35. The molecule has 2 aromatic rings. The molecule has 3 rings (SSSR count). The summed E-state index contributed by atoms with van der Waals surface area (Å²) in [5, 5.41) is 7.18. The Morgan fingerprint density at radius 3 is 2.52 bits per heavy atom. The molecule has 6 N–H and O–H groups in total. The topological polar surface area (TPSA) is 93.2 Å². The number of hydrogen-bond acceptors (Lipinski definition) is 4. The Morgan fingerprint density at radius 1 is 1.21 bits per heavy atom. The lowest BCUT2D eigenvalue weighted by Crippen LogP contribution is -2.45. The summed E-state index contributed by atoms with van der Waals surface area (Å²) < 4.78 is 0. The van der Waals surface area contributed by atoms with Gasteiger partial charge in [-0.3, -0.25) is 4.79 Å². The van der Waals surface area contributed by atoms with Gasteiger partial charge in [-0.05, 0) is 75.4 Å². The van der Waals surface area contributed by atoms with Crippen molar-refractivity contribution in [2.45, 2.75) is 57.0 Å². The maximum absolute atomic E-state index is 12.7. The minimum absolute atomic E-state index is 0.0687. The van der Waals surface area contributed by atoms with Crippen molar-refractivity contribution in [3.05, 3.63) is 58.6 Å². The van der Waals surface area contributed by atoms with Crippen LogP contribution in [-0.4, -0.2) is 24.5 Å². The molecule has 1 amide bonds. The Labute approximate surface area is 178 Å². The predicted octanol–water partition coefficient (Wildman–Crippen LogP) is 4.31. The van der Waals surface area contributed by atoms with Gasteiger partial charge in [-0.1, -0.05) is 23.7 Å². The van der Waals surface area contributed by atoms with E-state index < -0.39 is 0 Å². The number of benzene rings is 2. The first-order chi connectivity index (χ1) is 13.8. The molecule has 1 fully saturated rings. The second kappa shape index (κ2) is 9.06. The number of halogens is 1. The Balaban J connectivity index is 1.63. The van der Waals surface area contributed by atoms with Crippen LogP contribution in [0.1, 0.15) is 55.5 Å². The van der Waals surface area contributed by atoms with E-state index in [0.717, 1.165) is 36.4 Å². The SMILES string of the molecule is CC(C)Nc1ccc(C(=O)NC2CCC(CN)(c3cccc(Cl)c3)CC2)cc1N. The number of carbonyl (C=O) groups is 1. The molecule has 0 unspecified atom stereocenters. The maximum Gasteiger partial charge on any atom is 0.251 e. The second-order valence-electron chi connectivity index (χ2n) is 8.34. The van der Waals surface area contributed by atoms with Crippen molar-refractivity contribution in [2.24, 2.45) is 5.73 Å².